The lowest BCUT2D eigenvalue weighted by atomic mass is 10.3. The molecule has 1 saturated carbocycles. The summed E-state index contributed by atoms with van der Waals surface area (Å²) in [4.78, 5) is 6.77. The van der Waals surface area contributed by atoms with E-state index in [0.29, 0.717) is 5.92 Å². The fourth-order valence-electron chi connectivity index (χ4n) is 1.90. The van der Waals surface area contributed by atoms with Gasteiger partial charge in [0.25, 0.3) is 0 Å². The minimum Gasteiger partial charge on any atom is -0.338 e. The molecule has 1 aliphatic heterocycles. The first-order valence-corrected chi connectivity index (χ1v) is 5.67. The van der Waals surface area contributed by atoms with E-state index in [9.17, 15) is 0 Å². The fourth-order valence-corrected chi connectivity index (χ4v) is 1.90. The summed E-state index contributed by atoms with van der Waals surface area (Å²) < 4.78 is 5.25. The normalized spacial score (nSPS) is 23.2. The molecule has 2 fully saturated rings. The third-order valence-electron chi connectivity index (χ3n) is 2.99. The van der Waals surface area contributed by atoms with Crippen molar-refractivity contribution in [2.24, 2.45) is 0 Å². The number of piperazine rings is 1. The van der Waals surface area contributed by atoms with Gasteiger partial charge in [0.05, 0.1) is 6.54 Å². The highest BCUT2D eigenvalue weighted by Gasteiger charge is 2.29. The lowest BCUT2D eigenvalue weighted by Crippen LogP contribution is -2.42. The molecule has 0 aromatic carbocycles. The van der Waals surface area contributed by atoms with Crippen LogP contribution in [0.2, 0.25) is 0 Å². The SMILES string of the molecule is C1CN(Cc2nc(C3CC3)no2)CCN1. The Morgan fingerprint density at radius 2 is 2.13 bits per heavy atom. The molecule has 0 amide bonds. The molecule has 2 heterocycles. The number of nitrogens with zero attached hydrogens (tertiary/aromatic N) is 3. The largest absolute Gasteiger partial charge is 0.338 e. The Kier molecular flexibility index (Phi) is 2.42. The van der Waals surface area contributed by atoms with Crippen molar-refractivity contribution in [3.63, 3.8) is 0 Å². The van der Waals surface area contributed by atoms with E-state index in [4.69, 9.17) is 4.52 Å². The first-order chi connectivity index (χ1) is 7.42. The highest BCUT2D eigenvalue weighted by molar-refractivity contribution is 5.03. The van der Waals surface area contributed by atoms with Gasteiger partial charge >= 0.3 is 0 Å². The zero-order valence-electron chi connectivity index (χ0n) is 8.78. The minimum absolute atomic E-state index is 0.588. The average Bonchev–Trinajstić information content (AvgIpc) is 3.02. The molecular weight excluding hydrogens is 192 g/mol. The van der Waals surface area contributed by atoms with Crippen molar-refractivity contribution in [1.29, 1.82) is 0 Å². The second kappa shape index (κ2) is 3.90. The summed E-state index contributed by atoms with van der Waals surface area (Å²) in [7, 11) is 0. The molecular formula is C10H16N4O. The van der Waals surface area contributed by atoms with E-state index in [-0.39, 0.29) is 0 Å². The quantitative estimate of drug-likeness (QED) is 0.777. The van der Waals surface area contributed by atoms with Crippen molar-refractivity contribution in [3.8, 4) is 0 Å². The van der Waals surface area contributed by atoms with Crippen LogP contribution in [0.25, 0.3) is 0 Å². The van der Waals surface area contributed by atoms with Gasteiger partial charge in [-0.1, -0.05) is 5.16 Å². The van der Waals surface area contributed by atoms with E-state index in [1.165, 1.54) is 12.8 Å². The smallest absolute Gasteiger partial charge is 0.240 e. The first-order valence-electron chi connectivity index (χ1n) is 5.67. The van der Waals surface area contributed by atoms with Crippen LogP contribution in [0.1, 0.15) is 30.5 Å². The van der Waals surface area contributed by atoms with E-state index in [1.807, 2.05) is 0 Å². The summed E-state index contributed by atoms with van der Waals surface area (Å²) in [6.45, 7) is 5.07. The third-order valence-corrected chi connectivity index (χ3v) is 2.99. The van der Waals surface area contributed by atoms with Gasteiger partial charge in [-0.3, -0.25) is 4.90 Å². The van der Waals surface area contributed by atoms with Crippen LogP contribution in [0.3, 0.4) is 0 Å². The van der Waals surface area contributed by atoms with Gasteiger partial charge in [-0.2, -0.15) is 4.98 Å². The molecule has 2 aliphatic rings. The van der Waals surface area contributed by atoms with Crippen LogP contribution in [-0.2, 0) is 6.54 Å². The van der Waals surface area contributed by atoms with E-state index < -0.39 is 0 Å². The zero-order valence-corrected chi connectivity index (χ0v) is 8.78. The molecule has 82 valence electrons. The molecule has 1 saturated heterocycles. The molecule has 0 unspecified atom stereocenters. The predicted molar refractivity (Wildman–Crippen MR) is 54.4 cm³/mol. The van der Waals surface area contributed by atoms with Gasteiger partial charge in [-0.15, -0.1) is 0 Å². The summed E-state index contributed by atoms with van der Waals surface area (Å²) in [6, 6.07) is 0. The Bertz CT molecular complexity index is 328. The van der Waals surface area contributed by atoms with Crippen LogP contribution < -0.4 is 5.32 Å². The summed E-state index contributed by atoms with van der Waals surface area (Å²) in [5.41, 5.74) is 0. The standard InChI is InChI=1S/C10H16N4O/c1-2-8(1)10-12-9(15-13-10)7-14-5-3-11-4-6-14/h8,11H,1-7H2. The van der Waals surface area contributed by atoms with Gasteiger partial charge in [0, 0.05) is 32.1 Å². The van der Waals surface area contributed by atoms with Crippen LogP contribution in [0.4, 0.5) is 0 Å². The molecule has 5 heteroatoms. The second-order valence-electron chi connectivity index (χ2n) is 4.35. The van der Waals surface area contributed by atoms with Crippen molar-refractivity contribution >= 4 is 0 Å². The molecule has 0 radical (unpaired) electrons. The zero-order chi connectivity index (χ0) is 10.1. The van der Waals surface area contributed by atoms with Crippen molar-refractivity contribution in [2.75, 3.05) is 26.2 Å². The van der Waals surface area contributed by atoms with Gasteiger partial charge in [0.1, 0.15) is 0 Å². The highest BCUT2D eigenvalue weighted by Crippen LogP contribution is 2.38. The topological polar surface area (TPSA) is 54.2 Å². The van der Waals surface area contributed by atoms with E-state index in [1.54, 1.807) is 0 Å². The second-order valence-corrected chi connectivity index (χ2v) is 4.35. The van der Waals surface area contributed by atoms with Gasteiger partial charge in [0.15, 0.2) is 5.82 Å². The number of hydrogen-bond donors (Lipinski definition) is 1. The lowest BCUT2D eigenvalue weighted by molar-refractivity contribution is 0.203. The van der Waals surface area contributed by atoms with Crippen LogP contribution in [0.15, 0.2) is 4.52 Å². The molecule has 0 atom stereocenters. The maximum Gasteiger partial charge on any atom is 0.240 e. The molecule has 1 aromatic rings. The van der Waals surface area contributed by atoms with E-state index in [2.05, 4.69) is 20.4 Å². The van der Waals surface area contributed by atoms with Gasteiger partial charge in [-0.05, 0) is 12.8 Å². The number of rotatable bonds is 3. The Labute approximate surface area is 88.8 Å². The highest BCUT2D eigenvalue weighted by atomic mass is 16.5. The van der Waals surface area contributed by atoms with E-state index >= 15 is 0 Å². The van der Waals surface area contributed by atoms with Gasteiger partial charge < -0.3 is 9.84 Å². The van der Waals surface area contributed by atoms with Crippen molar-refractivity contribution in [2.45, 2.75) is 25.3 Å². The molecule has 5 nitrogen and oxygen atoms in total. The summed E-state index contributed by atoms with van der Waals surface area (Å²) in [5.74, 6) is 2.28. The minimum atomic E-state index is 0.588. The fraction of sp³-hybridized carbons (Fsp3) is 0.800. The Hall–Kier alpha value is -0.940. The number of nitrogens with one attached hydrogen (secondary N) is 1. The van der Waals surface area contributed by atoms with Crippen molar-refractivity contribution < 1.29 is 4.52 Å². The molecule has 0 spiro atoms. The van der Waals surface area contributed by atoms with Gasteiger partial charge in [-0.25, -0.2) is 0 Å². The van der Waals surface area contributed by atoms with Gasteiger partial charge in [0.2, 0.25) is 5.89 Å². The van der Waals surface area contributed by atoms with Crippen LogP contribution in [0, 0.1) is 0 Å². The Morgan fingerprint density at radius 3 is 2.87 bits per heavy atom. The summed E-state index contributed by atoms with van der Waals surface area (Å²) in [6.07, 6.45) is 2.46. The molecule has 15 heavy (non-hydrogen) atoms. The van der Waals surface area contributed by atoms with Crippen LogP contribution >= 0.6 is 0 Å². The Morgan fingerprint density at radius 1 is 1.33 bits per heavy atom. The lowest BCUT2D eigenvalue weighted by Gasteiger charge is -2.25. The molecule has 1 aromatic heterocycles. The predicted octanol–water partition coefficient (Wildman–Crippen LogP) is 0.352. The van der Waals surface area contributed by atoms with Crippen molar-refractivity contribution in [3.05, 3.63) is 11.7 Å². The Balaban J connectivity index is 1.60. The molecule has 1 aliphatic carbocycles. The van der Waals surface area contributed by atoms with E-state index in [0.717, 1.165) is 44.4 Å². The summed E-state index contributed by atoms with van der Waals surface area (Å²) >= 11 is 0. The van der Waals surface area contributed by atoms with Crippen LogP contribution in [-0.4, -0.2) is 41.2 Å². The first kappa shape index (κ1) is 9.30. The number of hydrogen-bond acceptors (Lipinski definition) is 5. The monoisotopic (exact) mass is 208 g/mol. The molecule has 3 rings (SSSR count). The molecule has 1 N–H and O–H groups in total. The van der Waals surface area contributed by atoms with Crippen molar-refractivity contribution in [1.82, 2.24) is 20.4 Å². The van der Waals surface area contributed by atoms with Crippen LogP contribution in [0.5, 0.6) is 0 Å². The third kappa shape index (κ3) is 2.18. The molecule has 0 bridgehead atoms. The average molecular weight is 208 g/mol. The summed E-state index contributed by atoms with van der Waals surface area (Å²) in [5, 5.41) is 7.34. The maximum atomic E-state index is 5.25. The number of aromatic nitrogens is 2. The maximum absolute atomic E-state index is 5.25.